The molecule has 2 aromatic heterocycles. The zero-order valence-electron chi connectivity index (χ0n) is 13.9. The van der Waals surface area contributed by atoms with E-state index < -0.39 is 0 Å². The quantitative estimate of drug-likeness (QED) is 0.221. The minimum absolute atomic E-state index is 0.112. The maximum absolute atomic E-state index is 7.62. The number of hydrogen-bond donors (Lipinski definition) is 3. The molecular formula is C18H20N4S3. The molecule has 3 rings (SSSR count). The van der Waals surface area contributed by atoms with Gasteiger partial charge in [-0.3, -0.25) is 5.41 Å². The van der Waals surface area contributed by atoms with Crippen molar-refractivity contribution in [2.24, 2.45) is 5.73 Å². The number of thioether (sulfide) groups is 1. The van der Waals surface area contributed by atoms with Gasteiger partial charge in [0, 0.05) is 17.5 Å². The largest absolute Gasteiger partial charge is 0.383 e. The third-order valence-corrected chi connectivity index (χ3v) is 6.79. The Morgan fingerprint density at radius 2 is 2.12 bits per heavy atom. The lowest BCUT2D eigenvalue weighted by atomic mass is 10.1. The van der Waals surface area contributed by atoms with E-state index in [2.05, 4.69) is 35.0 Å². The van der Waals surface area contributed by atoms with Gasteiger partial charge in [0.25, 0.3) is 0 Å². The van der Waals surface area contributed by atoms with Gasteiger partial charge < -0.3 is 11.1 Å². The van der Waals surface area contributed by atoms with Crippen LogP contribution in [-0.2, 0) is 6.42 Å². The number of aryl methyl sites for hydroxylation is 1. The zero-order valence-corrected chi connectivity index (χ0v) is 16.4. The molecular weight excluding hydrogens is 368 g/mol. The molecule has 130 valence electrons. The van der Waals surface area contributed by atoms with E-state index in [1.807, 2.05) is 18.4 Å². The lowest BCUT2D eigenvalue weighted by molar-refractivity contribution is 0.862. The summed E-state index contributed by atoms with van der Waals surface area (Å²) in [4.78, 5) is 5.49. The maximum Gasteiger partial charge on any atom is 0.183 e. The van der Waals surface area contributed by atoms with Gasteiger partial charge in [0.1, 0.15) is 5.84 Å². The van der Waals surface area contributed by atoms with Gasteiger partial charge in [-0.25, -0.2) is 4.98 Å². The van der Waals surface area contributed by atoms with Crippen molar-refractivity contribution in [1.29, 1.82) is 5.41 Å². The van der Waals surface area contributed by atoms with E-state index >= 15 is 0 Å². The molecule has 0 saturated carbocycles. The van der Waals surface area contributed by atoms with Gasteiger partial charge >= 0.3 is 0 Å². The third kappa shape index (κ3) is 4.62. The molecule has 0 saturated heterocycles. The number of nitrogens with one attached hydrogen (secondary N) is 2. The second kappa shape index (κ2) is 8.51. The van der Waals surface area contributed by atoms with Crippen LogP contribution in [0.4, 0.5) is 5.13 Å². The molecule has 0 amide bonds. The van der Waals surface area contributed by atoms with Crippen molar-refractivity contribution in [2.75, 3.05) is 18.1 Å². The van der Waals surface area contributed by atoms with Crippen molar-refractivity contribution >= 4 is 45.4 Å². The number of nitrogens with zero attached hydrogens (tertiary/aromatic N) is 1. The van der Waals surface area contributed by atoms with Crippen LogP contribution >= 0.6 is 34.4 Å². The molecule has 1 aromatic carbocycles. The van der Waals surface area contributed by atoms with Crippen molar-refractivity contribution in [3.8, 4) is 11.3 Å². The SMILES string of the molecule is CSc1sc(C(=N)N)cc1-c1csc(NCCCc2ccccc2)n1. The Morgan fingerprint density at radius 1 is 1.32 bits per heavy atom. The number of anilines is 1. The lowest BCUT2D eigenvalue weighted by Crippen LogP contribution is -2.08. The first-order chi connectivity index (χ1) is 12.2. The van der Waals surface area contributed by atoms with Crippen LogP contribution in [0.1, 0.15) is 16.9 Å². The number of thiophene rings is 1. The van der Waals surface area contributed by atoms with Crippen LogP contribution in [0, 0.1) is 5.41 Å². The van der Waals surface area contributed by atoms with E-state index in [0.717, 1.165) is 44.9 Å². The summed E-state index contributed by atoms with van der Waals surface area (Å²) >= 11 is 4.83. The molecule has 0 atom stereocenters. The summed E-state index contributed by atoms with van der Waals surface area (Å²) in [6.07, 6.45) is 4.17. The average Bonchev–Trinajstić information content (AvgIpc) is 3.26. The molecule has 0 bridgehead atoms. The van der Waals surface area contributed by atoms with Gasteiger partial charge in [-0.1, -0.05) is 30.3 Å². The van der Waals surface area contributed by atoms with Gasteiger partial charge in [-0.15, -0.1) is 34.4 Å². The Hall–Kier alpha value is -1.83. The van der Waals surface area contributed by atoms with Gasteiger partial charge in [0.05, 0.1) is 14.8 Å². The lowest BCUT2D eigenvalue weighted by Gasteiger charge is -2.03. The highest BCUT2D eigenvalue weighted by Gasteiger charge is 2.14. The minimum Gasteiger partial charge on any atom is -0.383 e. The summed E-state index contributed by atoms with van der Waals surface area (Å²) in [6, 6.07) is 12.5. The number of amidine groups is 1. The predicted molar refractivity (Wildman–Crippen MR) is 111 cm³/mol. The molecule has 0 aliphatic heterocycles. The van der Waals surface area contributed by atoms with Crippen LogP contribution in [0.25, 0.3) is 11.3 Å². The second-order valence-corrected chi connectivity index (χ2v) is 8.47. The van der Waals surface area contributed by atoms with Crippen LogP contribution in [0.3, 0.4) is 0 Å². The van der Waals surface area contributed by atoms with Gasteiger partial charge in [0.15, 0.2) is 5.13 Å². The van der Waals surface area contributed by atoms with Crippen molar-refractivity contribution in [1.82, 2.24) is 4.98 Å². The third-order valence-electron chi connectivity index (χ3n) is 3.69. The van der Waals surface area contributed by atoms with Crippen molar-refractivity contribution in [3.05, 3.63) is 52.2 Å². The fourth-order valence-electron chi connectivity index (χ4n) is 2.45. The summed E-state index contributed by atoms with van der Waals surface area (Å²) < 4.78 is 1.14. The number of rotatable bonds is 8. The van der Waals surface area contributed by atoms with Gasteiger partial charge in [0.2, 0.25) is 0 Å². The molecule has 0 fully saturated rings. The van der Waals surface area contributed by atoms with E-state index in [4.69, 9.17) is 16.1 Å². The molecule has 0 unspecified atom stereocenters. The number of aromatic nitrogens is 1. The number of hydrogen-bond acceptors (Lipinski definition) is 6. The molecule has 0 aliphatic rings. The van der Waals surface area contributed by atoms with Crippen LogP contribution in [0.2, 0.25) is 0 Å². The van der Waals surface area contributed by atoms with E-state index in [9.17, 15) is 0 Å². The molecule has 0 radical (unpaired) electrons. The predicted octanol–water partition coefficient (Wildman–Crippen LogP) is 4.92. The normalized spacial score (nSPS) is 10.8. The Labute approximate surface area is 160 Å². The Morgan fingerprint density at radius 3 is 2.84 bits per heavy atom. The summed E-state index contributed by atoms with van der Waals surface area (Å²) in [5.41, 5.74) is 9.00. The average molecular weight is 389 g/mol. The molecule has 4 nitrogen and oxygen atoms in total. The number of benzene rings is 1. The van der Waals surface area contributed by atoms with Crippen molar-refractivity contribution < 1.29 is 0 Å². The molecule has 4 N–H and O–H groups in total. The van der Waals surface area contributed by atoms with Crippen LogP contribution in [0.5, 0.6) is 0 Å². The molecule has 0 aliphatic carbocycles. The topological polar surface area (TPSA) is 74.8 Å². The van der Waals surface area contributed by atoms with Crippen LogP contribution in [-0.4, -0.2) is 23.6 Å². The monoisotopic (exact) mass is 388 g/mol. The number of nitrogens with two attached hydrogens (primary N) is 1. The van der Waals surface area contributed by atoms with Crippen LogP contribution in [0.15, 0.2) is 46.0 Å². The standard InChI is InChI=1S/C18H20N4S3/c1-23-17-13(10-15(25-17)16(19)20)14-11-24-18(22-14)21-9-5-8-12-6-3-2-4-7-12/h2-4,6-7,10-11H,5,8-9H2,1H3,(H3,19,20)(H,21,22). The molecule has 0 spiro atoms. The fourth-order valence-corrected chi connectivity index (χ4v) is 4.93. The van der Waals surface area contributed by atoms with Crippen molar-refractivity contribution in [3.63, 3.8) is 0 Å². The molecule has 3 aromatic rings. The minimum atomic E-state index is 0.112. The highest BCUT2D eigenvalue weighted by atomic mass is 32.2. The van der Waals surface area contributed by atoms with Gasteiger partial charge in [-0.05, 0) is 30.7 Å². The first-order valence-electron chi connectivity index (χ1n) is 7.93. The Bertz CT molecular complexity index is 839. The summed E-state index contributed by atoms with van der Waals surface area (Å²) in [5.74, 6) is 0.112. The molecule has 7 heteroatoms. The Balaban J connectivity index is 1.60. The summed E-state index contributed by atoms with van der Waals surface area (Å²) in [7, 11) is 0. The van der Waals surface area contributed by atoms with E-state index in [1.165, 1.54) is 5.56 Å². The maximum atomic E-state index is 7.62. The summed E-state index contributed by atoms with van der Waals surface area (Å²) in [6.45, 7) is 0.902. The van der Waals surface area contributed by atoms with E-state index in [0.29, 0.717) is 0 Å². The van der Waals surface area contributed by atoms with E-state index in [1.54, 1.807) is 34.4 Å². The van der Waals surface area contributed by atoms with E-state index in [-0.39, 0.29) is 5.84 Å². The van der Waals surface area contributed by atoms with Gasteiger partial charge in [-0.2, -0.15) is 0 Å². The summed E-state index contributed by atoms with van der Waals surface area (Å²) in [5, 5.41) is 14.0. The number of nitrogen functional groups attached to an aromatic ring is 1. The fraction of sp³-hybridized carbons (Fsp3) is 0.222. The number of thiazole rings is 1. The first kappa shape index (κ1) is 18.0. The van der Waals surface area contributed by atoms with Crippen LogP contribution < -0.4 is 11.1 Å². The Kier molecular flexibility index (Phi) is 6.12. The first-order valence-corrected chi connectivity index (χ1v) is 10.9. The highest BCUT2D eigenvalue weighted by molar-refractivity contribution is 8.00. The molecule has 25 heavy (non-hydrogen) atoms. The smallest absolute Gasteiger partial charge is 0.183 e. The molecule has 2 heterocycles. The van der Waals surface area contributed by atoms with Crippen molar-refractivity contribution in [2.45, 2.75) is 17.1 Å². The zero-order chi connectivity index (χ0) is 17.6. The highest BCUT2D eigenvalue weighted by Crippen LogP contribution is 2.38. The second-order valence-electron chi connectivity index (χ2n) is 5.48.